The summed E-state index contributed by atoms with van der Waals surface area (Å²) in [5.74, 6) is -0.0992. The van der Waals surface area contributed by atoms with Gasteiger partial charge >= 0.3 is 0 Å². The molecule has 0 fully saturated rings. The Bertz CT molecular complexity index is 785. The predicted octanol–water partition coefficient (Wildman–Crippen LogP) is 4.67. The molecule has 0 aliphatic heterocycles. The fourth-order valence-electron chi connectivity index (χ4n) is 2.05. The lowest BCUT2D eigenvalue weighted by atomic mass is 10.0. The Hall–Kier alpha value is -1.59. The van der Waals surface area contributed by atoms with Crippen molar-refractivity contribution >= 4 is 33.2 Å². The highest BCUT2D eigenvalue weighted by atomic mass is 35.5. The van der Waals surface area contributed by atoms with E-state index in [9.17, 15) is 4.39 Å². The standard InChI is InChI=1S/C14H11ClFN3S/c1-7(2)8-3-4-17-10-5-11(20-13(8)10)12-9(16)6-18-14(15)19-12/h3-7H,1-2H3. The Morgan fingerprint density at radius 3 is 2.85 bits per heavy atom. The van der Waals surface area contributed by atoms with Gasteiger partial charge in [-0.15, -0.1) is 11.3 Å². The molecule has 0 aliphatic carbocycles. The number of aromatic nitrogens is 3. The fraction of sp³-hybridized carbons (Fsp3) is 0.214. The summed E-state index contributed by atoms with van der Waals surface area (Å²) < 4.78 is 14.9. The first kappa shape index (κ1) is 13.4. The molecule has 0 radical (unpaired) electrons. The lowest BCUT2D eigenvalue weighted by Gasteiger charge is -2.05. The highest BCUT2D eigenvalue weighted by Crippen LogP contribution is 2.36. The van der Waals surface area contributed by atoms with E-state index in [1.165, 1.54) is 16.9 Å². The van der Waals surface area contributed by atoms with Crippen molar-refractivity contribution in [1.29, 1.82) is 0 Å². The third-order valence-corrected chi connectivity index (χ3v) is 4.37. The van der Waals surface area contributed by atoms with Crippen LogP contribution < -0.4 is 0 Å². The molecule has 102 valence electrons. The summed E-state index contributed by atoms with van der Waals surface area (Å²) in [4.78, 5) is 12.7. The Morgan fingerprint density at radius 1 is 1.30 bits per heavy atom. The lowest BCUT2D eigenvalue weighted by molar-refractivity contribution is 0.618. The summed E-state index contributed by atoms with van der Waals surface area (Å²) in [6.45, 7) is 4.24. The van der Waals surface area contributed by atoms with Gasteiger partial charge in [0.05, 0.1) is 21.3 Å². The zero-order chi connectivity index (χ0) is 14.3. The van der Waals surface area contributed by atoms with E-state index in [4.69, 9.17) is 11.6 Å². The molecule has 3 nitrogen and oxygen atoms in total. The minimum atomic E-state index is -0.480. The molecule has 3 aromatic rings. The second-order valence-corrected chi connectivity index (χ2v) is 6.11. The molecule has 3 rings (SSSR count). The maximum atomic E-state index is 13.8. The van der Waals surface area contributed by atoms with Crippen molar-refractivity contribution in [3.63, 3.8) is 0 Å². The van der Waals surface area contributed by atoms with Crippen molar-refractivity contribution in [3.05, 3.63) is 41.2 Å². The van der Waals surface area contributed by atoms with Gasteiger partial charge in [-0.2, -0.15) is 0 Å². The maximum Gasteiger partial charge on any atom is 0.223 e. The van der Waals surface area contributed by atoms with Gasteiger partial charge in [0, 0.05) is 6.20 Å². The zero-order valence-electron chi connectivity index (χ0n) is 10.9. The van der Waals surface area contributed by atoms with E-state index < -0.39 is 5.82 Å². The second kappa shape index (κ2) is 5.07. The molecular weight excluding hydrogens is 297 g/mol. The van der Waals surface area contributed by atoms with Gasteiger partial charge < -0.3 is 0 Å². The molecule has 0 aromatic carbocycles. The van der Waals surface area contributed by atoms with Crippen molar-refractivity contribution in [1.82, 2.24) is 15.0 Å². The van der Waals surface area contributed by atoms with Crippen molar-refractivity contribution in [2.75, 3.05) is 0 Å². The van der Waals surface area contributed by atoms with Crippen LogP contribution in [0.1, 0.15) is 25.3 Å². The van der Waals surface area contributed by atoms with E-state index in [-0.39, 0.29) is 11.0 Å². The number of halogens is 2. The minimum Gasteiger partial charge on any atom is -0.255 e. The quantitative estimate of drug-likeness (QED) is 0.646. The van der Waals surface area contributed by atoms with Crippen molar-refractivity contribution in [2.45, 2.75) is 19.8 Å². The van der Waals surface area contributed by atoms with Crippen LogP contribution in [0.15, 0.2) is 24.5 Å². The normalized spacial score (nSPS) is 11.4. The zero-order valence-corrected chi connectivity index (χ0v) is 12.5. The first-order valence-corrected chi connectivity index (χ1v) is 7.32. The van der Waals surface area contributed by atoms with Crippen molar-refractivity contribution < 1.29 is 4.39 Å². The second-order valence-electron chi connectivity index (χ2n) is 4.72. The number of pyridine rings is 1. The molecule has 3 heterocycles. The monoisotopic (exact) mass is 307 g/mol. The topological polar surface area (TPSA) is 38.7 Å². The molecule has 0 bridgehead atoms. The highest BCUT2D eigenvalue weighted by Gasteiger charge is 2.15. The molecule has 0 N–H and O–H groups in total. The van der Waals surface area contributed by atoms with Crippen LogP contribution >= 0.6 is 22.9 Å². The van der Waals surface area contributed by atoms with Crippen molar-refractivity contribution in [2.24, 2.45) is 0 Å². The Kier molecular flexibility index (Phi) is 3.40. The van der Waals surface area contributed by atoms with Gasteiger partial charge in [-0.05, 0) is 35.2 Å². The number of fused-ring (bicyclic) bond motifs is 1. The Labute approximate surface area is 124 Å². The van der Waals surface area contributed by atoms with Gasteiger partial charge in [0.15, 0.2) is 5.82 Å². The summed E-state index contributed by atoms with van der Waals surface area (Å²) in [7, 11) is 0. The summed E-state index contributed by atoms with van der Waals surface area (Å²) in [6, 6.07) is 3.84. The fourth-order valence-corrected chi connectivity index (χ4v) is 3.45. The molecule has 0 unspecified atom stereocenters. The Morgan fingerprint density at radius 2 is 2.10 bits per heavy atom. The minimum absolute atomic E-state index is 0.0379. The molecular formula is C14H11ClFN3S. The molecule has 3 aromatic heterocycles. The number of hydrogen-bond acceptors (Lipinski definition) is 4. The molecule has 0 aliphatic rings. The molecule has 0 saturated carbocycles. The van der Waals surface area contributed by atoms with Crippen LogP contribution in [0.3, 0.4) is 0 Å². The first-order chi connectivity index (χ1) is 9.56. The average Bonchev–Trinajstić information content (AvgIpc) is 2.84. The molecule has 20 heavy (non-hydrogen) atoms. The van der Waals surface area contributed by atoms with E-state index in [1.54, 1.807) is 6.20 Å². The number of rotatable bonds is 2. The number of hydrogen-bond donors (Lipinski definition) is 0. The van der Waals surface area contributed by atoms with Gasteiger partial charge in [0.1, 0.15) is 5.69 Å². The summed E-state index contributed by atoms with van der Waals surface area (Å²) in [6.07, 6.45) is 2.86. The number of thiophene rings is 1. The Balaban J connectivity index is 2.23. The van der Waals surface area contributed by atoms with E-state index in [0.717, 1.165) is 16.4 Å². The van der Waals surface area contributed by atoms with Gasteiger partial charge in [-0.1, -0.05) is 13.8 Å². The average molecular weight is 308 g/mol. The van der Waals surface area contributed by atoms with Crippen LogP contribution in [-0.4, -0.2) is 15.0 Å². The van der Waals surface area contributed by atoms with E-state index >= 15 is 0 Å². The third-order valence-electron chi connectivity index (χ3n) is 3.01. The molecule has 0 amide bonds. The largest absolute Gasteiger partial charge is 0.255 e. The highest BCUT2D eigenvalue weighted by molar-refractivity contribution is 7.22. The van der Waals surface area contributed by atoms with E-state index in [1.807, 2.05) is 12.1 Å². The SMILES string of the molecule is CC(C)c1ccnc2cc(-c3nc(Cl)ncc3F)sc12. The van der Waals surface area contributed by atoms with Gasteiger partial charge in [0.25, 0.3) is 0 Å². The van der Waals surface area contributed by atoms with Crippen LogP contribution in [0.4, 0.5) is 4.39 Å². The van der Waals surface area contributed by atoms with Crippen LogP contribution in [0, 0.1) is 5.82 Å². The van der Waals surface area contributed by atoms with Crippen molar-refractivity contribution in [3.8, 4) is 10.6 Å². The smallest absolute Gasteiger partial charge is 0.223 e. The predicted molar refractivity (Wildman–Crippen MR) is 79.7 cm³/mol. The van der Waals surface area contributed by atoms with Crippen LogP contribution in [0.2, 0.25) is 5.28 Å². The summed E-state index contributed by atoms with van der Waals surface area (Å²) >= 11 is 7.22. The number of nitrogens with zero attached hydrogens (tertiary/aromatic N) is 3. The summed E-state index contributed by atoms with van der Waals surface area (Å²) in [5, 5.41) is 0.0379. The summed E-state index contributed by atoms with van der Waals surface area (Å²) in [5.41, 5.74) is 2.28. The third kappa shape index (κ3) is 2.27. The van der Waals surface area contributed by atoms with Crippen LogP contribution in [-0.2, 0) is 0 Å². The lowest BCUT2D eigenvalue weighted by Crippen LogP contribution is -1.90. The molecule has 0 saturated heterocycles. The van der Waals surface area contributed by atoms with Gasteiger partial charge in [-0.3, -0.25) is 4.98 Å². The first-order valence-electron chi connectivity index (χ1n) is 6.13. The maximum absolute atomic E-state index is 13.8. The van der Waals surface area contributed by atoms with Crippen LogP contribution in [0.5, 0.6) is 0 Å². The van der Waals surface area contributed by atoms with Crippen LogP contribution in [0.25, 0.3) is 20.8 Å². The molecule has 0 spiro atoms. The molecule has 6 heteroatoms. The van der Waals surface area contributed by atoms with E-state index in [2.05, 4.69) is 28.8 Å². The van der Waals surface area contributed by atoms with Gasteiger partial charge in [-0.25, -0.2) is 14.4 Å². The van der Waals surface area contributed by atoms with E-state index in [0.29, 0.717) is 10.8 Å². The molecule has 0 atom stereocenters. The van der Waals surface area contributed by atoms with Gasteiger partial charge in [0.2, 0.25) is 5.28 Å².